The predicted molar refractivity (Wildman–Crippen MR) is 140 cm³/mol. The molecule has 0 radical (unpaired) electrons. The minimum Gasteiger partial charge on any atom is -0.293 e. The van der Waals surface area contributed by atoms with Crippen molar-refractivity contribution < 1.29 is 9.18 Å². The molecule has 0 amide bonds. The monoisotopic (exact) mass is 488 g/mol. The van der Waals surface area contributed by atoms with E-state index in [0.717, 1.165) is 39.8 Å². The van der Waals surface area contributed by atoms with Crippen LogP contribution in [0.15, 0.2) is 66.2 Å². The zero-order valence-corrected chi connectivity index (χ0v) is 20.9. The fourth-order valence-corrected chi connectivity index (χ4v) is 6.26. The summed E-state index contributed by atoms with van der Waals surface area (Å²) in [5, 5.41) is 10.7. The molecule has 0 bridgehead atoms. The van der Waals surface area contributed by atoms with E-state index >= 15 is 0 Å². The number of aromatic nitrogens is 3. The topological polar surface area (TPSA) is 79.5 Å². The van der Waals surface area contributed by atoms with E-state index in [2.05, 4.69) is 18.0 Å². The Bertz CT molecular complexity index is 1680. The van der Waals surface area contributed by atoms with E-state index in [1.807, 2.05) is 50.2 Å². The first-order valence-electron chi connectivity index (χ1n) is 12.5. The molecule has 0 N–H and O–H groups in total. The third-order valence-electron chi connectivity index (χ3n) is 8.02. The Morgan fingerprint density at radius 2 is 1.89 bits per heavy atom. The maximum Gasteiger partial charge on any atom is 0.176 e. The lowest BCUT2D eigenvalue weighted by atomic mass is 9.57. The second-order valence-electron chi connectivity index (χ2n) is 10.3. The number of aryl methyl sites for hydroxylation is 1. The van der Waals surface area contributed by atoms with Gasteiger partial charge in [0.05, 0.1) is 22.5 Å². The largest absolute Gasteiger partial charge is 0.293 e. The number of pyridine rings is 1. The summed E-state index contributed by atoms with van der Waals surface area (Å²) in [7, 11) is 0. The van der Waals surface area contributed by atoms with Crippen LogP contribution < -0.4 is 0 Å². The zero-order valence-electron chi connectivity index (χ0n) is 20.9. The molecular weight excluding hydrogens is 463 g/mol. The zero-order chi connectivity index (χ0) is 25.9. The number of nitrogens with zero attached hydrogens (tertiary/aromatic N) is 4. The second kappa shape index (κ2) is 8.41. The minimum atomic E-state index is -0.635. The van der Waals surface area contributed by atoms with Crippen LogP contribution in [0.5, 0.6) is 0 Å². The first-order chi connectivity index (χ1) is 17.8. The van der Waals surface area contributed by atoms with Crippen molar-refractivity contribution in [3.8, 4) is 28.7 Å². The molecule has 0 saturated heterocycles. The van der Waals surface area contributed by atoms with Crippen LogP contribution in [0.2, 0.25) is 0 Å². The van der Waals surface area contributed by atoms with Crippen molar-refractivity contribution >= 4 is 16.7 Å². The van der Waals surface area contributed by atoms with Crippen molar-refractivity contribution in [1.29, 1.82) is 5.26 Å². The molecule has 2 aliphatic rings. The van der Waals surface area contributed by atoms with Gasteiger partial charge in [0.15, 0.2) is 11.6 Å². The molecule has 3 atom stereocenters. The second-order valence-corrected chi connectivity index (χ2v) is 10.3. The maximum atomic E-state index is 14.4. The van der Waals surface area contributed by atoms with Crippen LogP contribution in [-0.2, 0) is 16.6 Å². The molecule has 5 nitrogen and oxygen atoms in total. The van der Waals surface area contributed by atoms with Gasteiger partial charge in [-0.05, 0) is 49.9 Å². The van der Waals surface area contributed by atoms with Gasteiger partial charge in [-0.15, -0.1) is 0 Å². The van der Waals surface area contributed by atoms with Crippen molar-refractivity contribution in [3.63, 3.8) is 0 Å². The molecule has 0 unspecified atom stereocenters. The van der Waals surface area contributed by atoms with E-state index in [9.17, 15) is 14.4 Å². The van der Waals surface area contributed by atoms with Gasteiger partial charge >= 0.3 is 0 Å². The minimum absolute atomic E-state index is 0.00336. The molecule has 2 aromatic heterocycles. The smallest absolute Gasteiger partial charge is 0.176 e. The van der Waals surface area contributed by atoms with Gasteiger partial charge in [0.25, 0.3) is 0 Å². The van der Waals surface area contributed by atoms with E-state index in [0.29, 0.717) is 23.5 Å². The molecule has 2 aliphatic carbocycles. The molecule has 6 rings (SSSR count). The van der Waals surface area contributed by atoms with Crippen molar-refractivity contribution in [3.05, 3.63) is 89.0 Å². The van der Waals surface area contributed by atoms with Crippen molar-refractivity contribution in [2.24, 2.45) is 11.8 Å². The van der Waals surface area contributed by atoms with Crippen LogP contribution in [0.1, 0.15) is 37.2 Å². The number of rotatable bonds is 2. The first kappa shape index (κ1) is 23.2. The van der Waals surface area contributed by atoms with Gasteiger partial charge in [-0.25, -0.2) is 14.4 Å². The SMILES string of the molecule is Cc1cc(-c2nc(-c3cccc(F)c3)c3c(n2)[C@]2(C)C=C(C#N)C(=O)[C@H](C)[C@H]2CC3)c2ccccc2n1. The third-order valence-corrected chi connectivity index (χ3v) is 8.02. The molecule has 0 fully saturated rings. The van der Waals surface area contributed by atoms with Gasteiger partial charge in [-0.2, -0.15) is 5.26 Å². The van der Waals surface area contributed by atoms with Crippen molar-refractivity contribution in [2.45, 2.75) is 39.0 Å². The van der Waals surface area contributed by atoms with Crippen molar-refractivity contribution in [1.82, 2.24) is 15.0 Å². The number of Topliss-reactive ketones (excluding diaryl/α,β-unsaturated/α-hetero) is 1. The number of halogens is 1. The van der Waals surface area contributed by atoms with Gasteiger partial charge in [0.1, 0.15) is 11.9 Å². The number of para-hydroxylation sites is 1. The molecule has 4 aromatic rings. The number of nitriles is 1. The van der Waals surface area contributed by atoms with Crippen LogP contribution in [0, 0.1) is 35.9 Å². The quantitative estimate of drug-likeness (QED) is 0.331. The molecule has 2 heterocycles. The van der Waals surface area contributed by atoms with Gasteiger partial charge in [0.2, 0.25) is 0 Å². The van der Waals surface area contributed by atoms with Crippen LogP contribution in [0.4, 0.5) is 4.39 Å². The average molecular weight is 489 g/mol. The summed E-state index contributed by atoms with van der Waals surface area (Å²) in [6.07, 6.45) is 3.24. The Labute approximate surface area is 214 Å². The van der Waals surface area contributed by atoms with Gasteiger partial charge < -0.3 is 0 Å². The standard InChI is InChI=1S/C31H25FN4O/c1-17-13-24(22-9-4-5-10-26(22)34-17)30-35-27(19-7-6-8-21(32)14-19)23-11-12-25-18(2)28(37)20(16-33)15-31(25,3)29(23)36-30/h4-10,13-15,18,25H,11-12H2,1-3H3/t18-,25-,31-/m1/s1. The Hall–Kier alpha value is -4.24. The van der Waals surface area contributed by atoms with Crippen molar-refractivity contribution in [2.75, 3.05) is 0 Å². The summed E-state index contributed by atoms with van der Waals surface area (Å²) in [5.41, 5.74) is 5.20. The molecular formula is C31H25FN4O. The first-order valence-corrected chi connectivity index (χ1v) is 12.5. The predicted octanol–water partition coefficient (Wildman–Crippen LogP) is 6.30. The Balaban J connectivity index is 1.70. The van der Waals surface area contributed by atoms with Gasteiger partial charge in [-0.3, -0.25) is 9.78 Å². The van der Waals surface area contributed by atoms with E-state index < -0.39 is 5.41 Å². The number of hydrogen-bond acceptors (Lipinski definition) is 5. The molecule has 182 valence electrons. The van der Waals surface area contributed by atoms with Crippen LogP contribution in [0.3, 0.4) is 0 Å². The number of carbonyl (C=O) groups is 1. The number of carbonyl (C=O) groups excluding carboxylic acids is 1. The Kier molecular flexibility index (Phi) is 5.27. The highest BCUT2D eigenvalue weighted by atomic mass is 19.1. The normalized spacial score (nSPS) is 22.7. The Morgan fingerprint density at radius 3 is 2.68 bits per heavy atom. The molecule has 37 heavy (non-hydrogen) atoms. The summed E-state index contributed by atoms with van der Waals surface area (Å²) in [4.78, 5) is 27.8. The number of allylic oxidation sites excluding steroid dienone is 2. The fourth-order valence-electron chi connectivity index (χ4n) is 6.26. The number of benzene rings is 2. The summed E-state index contributed by atoms with van der Waals surface area (Å²) in [6, 6.07) is 18.4. The van der Waals surface area contributed by atoms with Crippen LogP contribution in [-0.4, -0.2) is 20.7 Å². The molecule has 0 spiro atoms. The summed E-state index contributed by atoms with van der Waals surface area (Å²) >= 11 is 0. The maximum absolute atomic E-state index is 14.4. The summed E-state index contributed by atoms with van der Waals surface area (Å²) < 4.78 is 14.4. The fraction of sp³-hybridized carbons (Fsp3) is 0.258. The number of hydrogen-bond donors (Lipinski definition) is 0. The van der Waals surface area contributed by atoms with E-state index in [-0.39, 0.29) is 29.0 Å². The van der Waals surface area contributed by atoms with E-state index in [4.69, 9.17) is 9.97 Å². The lowest BCUT2D eigenvalue weighted by Gasteiger charge is -2.45. The highest BCUT2D eigenvalue weighted by molar-refractivity contribution is 6.02. The number of fused-ring (bicyclic) bond motifs is 4. The summed E-state index contributed by atoms with van der Waals surface area (Å²) in [5.74, 6) is -0.205. The molecule has 0 aliphatic heterocycles. The lowest BCUT2D eigenvalue weighted by molar-refractivity contribution is -0.121. The molecule has 0 saturated carbocycles. The van der Waals surface area contributed by atoms with Gasteiger partial charge in [-0.1, -0.05) is 50.3 Å². The molecule has 6 heteroatoms. The number of ketones is 1. The lowest BCUT2D eigenvalue weighted by Crippen LogP contribution is -2.46. The summed E-state index contributed by atoms with van der Waals surface area (Å²) in [6.45, 7) is 5.92. The van der Waals surface area contributed by atoms with E-state index in [1.165, 1.54) is 12.1 Å². The average Bonchev–Trinajstić information content (AvgIpc) is 2.89. The highest BCUT2D eigenvalue weighted by Gasteiger charge is 2.49. The van der Waals surface area contributed by atoms with E-state index in [1.54, 1.807) is 12.1 Å². The van der Waals surface area contributed by atoms with Gasteiger partial charge in [0, 0.05) is 39.1 Å². The third kappa shape index (κ3) is 3.57. The van der Waals surface area contributed by atoms with Crippen LogP contribution in [0.25, 0.3) is 33.5 Å². The Morgan fingerprint density at radius 1 is 1.08 bits per heavy atom. The molecule has 2 aromatic carbocycles. The van der Waals surface area contributed by atoms with Crippen LogP contribution >= 0.6 is 0 Å². The highest BCUT2D eigenvalue weighted by Crippen LogP contribution is 2.51.